The van der Waals surface area contributed by atoms with Gasteiger partial charge in [0.15, 0.2) is 0 Å². The van der Waals surface area contributed by atoms with Crippen molar-refractivity contribution in [1.29, 1.82) is 0 Å². The molecule has 0 aliphatic heterocycles. The molecule has 0 amide bonds. The second kappa shape index (κ2) is 9.17. The van der Waals surface area contributed by atoms with Gasteiger partial charge in [-0.2, -0.15) is 5.10 Å². The van der Waals surface area contributed by atoms with Crippen LogP contribution >= 0.6 is 0 Å². The number of rotatable bonds is 8. The van der Waals surface area contributed by atoms with E-state index in [4.69, 9.17) is 9.84 Å². The zero-order valence-corrected chi connectivity index (χ0v) is 16.5. The summed E-state index contributed by atoms with van der Waals surface area (Å²) in [6, 6.07) is 22.4. The maximum absolute atomic E-state index is 5.45. The summed E-state index contributed by atoms with van der Waals surface area (Å²) < 4.78 is 7.44. The van der Waals surface area contributed by atoms with E-state index in [1.165, 1.54) is 5.56 Å². The molecule has 1 N–H and O–H groups in total. The predicted octanol–water partition coefficient (Wildman–Crippen LogP) is 4.29. The zero-order chi connectivity index (χ0) is 19.9. The van der Waals surface area contributed by atoms with E-state index < -0.39 is 0 Å². The van der Waals surface area contributed by atoms with Crippen molar-refractivity contribution in [3.05, 3.63) is 102 Å². The zero-order valence-electron chi connectivity index (χ0n) is 16.5. The van der Waals surface area contributed by atoms with Crippen molar-refractivity contribution in [3.63, 3.8) is 0 Å². The molecule has 2 heterocycles. The largest absolute Gasteiger partial charge is 0.496 e. The van der Waals surface area contributed by atoms with Crippen molar-refractivity contribution in [2.75, 3.05) is 7.11 Å². The summed E-state index contributed by atoms with van der Waals surface area (Å²) in [4.78, 5) is 4.26. The Kier molecular flexibility index (Phi) is 5.98. The second-order valence-corrected chi connectivity index (χ2v) is 6.84. The van der Waals surface area contributed by atoms with E-state index in [-0.39, 0.29) is 0 Å². The lowest BCUT2D eigenvalue weighted by Crippen LogP contribution is -2.13. The Morgan fingerprint density at radius 3 is 2.48 bits per heavy atom. The van der Waals surface area contributed by atoms with Gasteiger partial charge in [-0.1, -0.05) is 48.5 Å². The van der Waals surface area contributed by atoms with Crippen molar-refractivity contribution in [2.45, 2.75) is 19.6 Å². The number of nitrogens with one attached hydrogen (secondary N) is 1. The highest BCUT2D eigenvalue weighted by atomic mass is 16.5. The Hall–Kier alpha value is -3.44. The molecule has 2 aromatic heterocycles. The number of benzene rings is 2. The lowest BCUT2D eigenvalue weighted by molar-refractivity contribution is 0.407. The van der Waals surface area contributed by atoms with Crippen LogP contribution in [0.25, 0.3) is 11.3 Å². The molecule has 5 heteroatoms. The molecule has 0 bridgehead atoms. The first-order valence-electron chi connectivity index (χ1n) is 9.67. The Morgan fingerprint density at radius 2 is 1.69 bits per heavy atom. The van der Waals surface area contributed by atoms with E-state index in [0.29, 0.717) is 6.54 Å². The molecule has 146 valence electrons. The lowest BCUT2D eigenvalue weighted by atomic mass is 10.1. The van der Waals surface area contributed by atoms with E-state index in [2.05, 4.69) is 46.8 Å². The normalized spacial score (nSPS) is 10.8. The van der Waals surface area contributed by atoms with Crippen molar-refractivity contribution >= 4 is 0 Å². The molecule has 2 aromatic carbocycles. The van der Waals surface area contributed by atoms with Crippen LogP contribution < -0.4 is 10.1 Å². The molecule has 0 spiro atoms. The molecule has 0 saturated heterocycles. The Labute approximate surface area is 171 Å². The van der Waals surface area contributed by atoms with Gasteiger partial charge in [-0.15, -0.1) is 0 Å². The Balaban J connectivity index is 1.54. The van der Waals surface area contributed by atoms with Gasteiger partial charge >= 0.3 is 0 Å². The fourth-order valence-corrected chi connectivity index (χ4v) is 3.37. The summed E-state index contributed by atoms with van der Waals surface area (Å²) in [5.74, 6) is 0.896. The first-order valence-corrected chi connectivity index (χ1v) is 9.67. The fourth-order valence-electron chi connectivity index (χ4n) is 3.37. The van der Waals surface area contributed by atoms with Gasteiger partial charge < -0.3 is 10.1 Å². The van der Waals surface area contributed by atoms with E-state index >= 15 is 0 Å². The van der Waals surface area contributed by atoms with Crippen LogP contribution in [0.15, 0.2) is 85.3 Å². The van der Waals surface area contributed by atoms with E-state index in [1.807, 2.05) is 47.3 Å². The van der Waals surface area contributed by atoms with E-state index in [0.717, 1.165) is 41.2 Å². The molecule has 4 aromatic rings. The SMILES string of the molecule is COc1ccccc1CNCc1cn(Cc2ccccc2)nc1-c1cccnc1. The summed E-state index contributed by atoms with van der Waals surface area (Å²) in [7, 11) is 1.70. The molecule has 0 saturated carbocycles. The summed E-state index contributed by atoms with van der Waals surface area (Å²) in [6.07, 6.45) is 5.76. The van der Waals surface area contributed by atoms with E-state index in [9.17, 15) is 0 Å². The standard InChI is InChI=1S/C24H24N4O/c1-29-23-12-6-5-10-20(23)14-26-16-22-18-28(17-19-8-3-2-4-9-19)27-24(22)21-11-7-13-25-15-21/h2-13,15,18,26H,14,16-17H2,1H3. The number of ether oxygens (including phenoxy) is 1. The number of methoxy groups -OCH3 is 1. The number of hydrogen-bond donors (Lipinski definition) is 1. The van der Waals surface area contributed by atoms with Crippen LogP contribution in [0, 0.1) is 0 Å². The summed E-state index contributed by atoms with van der Waals surface area (Å²) in [5, 5.41) is 8.37. The van der Waals surface area contributed by atoms with Gasteiger partial charge in [0.25, 0.3) is 0 Å². The molecular weight excluding hydrogens is 360 g/mol. The average molecular weight is 384 g/mol. The highest BCUT2D eigenvalue weighted by Gasteiger charge is 2.12. The topological polar surface area (TPSA) is 52.0 Å². The highest BCUT2D eigenvalue weighted by molar-refractivity contribution is 5.61. The molecule has 0 unspecified atom stereocenters. The molecule has 0 radical (unpaired) electrons. The molecule has 0 fully saturated rings. The summed E-state index contributed by atoms with van der Waals surface area (Å²) in [6.45, 7) is 2.16. The van der Waals surface area contributed by atoms with Gasteiger partial charge in [0.1, 0.15) is 5.75 Å². The average Bonchev–Trinajstić information content (AvgIpc) is 3.18. The molecule has 0 atom stereocenters. The fraction of sp³-hybridized carbons (Fsp3) is 0.167. The van der Waals surface area contributed by atoms with Gasteiger partial charge in [0.05, 0.1) is 19.3 Å². The number of para-hydroxylation sites is 1. The quantitative estimate of drug-likeness (QED) is 0.492. The van der Waals surface area contributed by atoms with Crippen LogP contribution in [-0.4, -0.2) is 21.9 Å². The molecule has 0 aliphatic carbocycles. The molecule has 5 nitrogen and oxygen atoms in total. The van der Waals surface area contributed by atoms with Crippen LogP contribution in [0.2, 0.25) is 0 Å². The number of nitrogens with zero attached hydrogens (tertiary/aromatic N) is 3. The second-order valence-electron chi connectivity index (χ2n) is 6.84. The minimum absolute atomic E-state index is 0.705. The van der Waals surface area contributed by atoms with Crippen LogP contribution in [0.5, 0.6) is 5.75 Å². The van der Waals surface area contributed by atoms with Crippen LogP contribution in [0.3, 0.4) is 0 Å². The summed E-state index contributed by atoms with van der Waals surface area (Å²) >= 11 is 0. The summed E-state index contributed by atoms with van der Waals surface area (Å²) in [5.41, 5.74) is 5.48. The Bertz CT molecular complexity index is 1040. The van der Waals surface area contributed by atoms with Crippen molar-refractivity contribution < 1.29 is 4.74 Å². The van der Waals surface area contributed by atoms with Crippen LogP contribution in [-0.2, 0) is 19.6 Å². The van der Waals surface area contributed by atoms with Crippen molar-refractivity contribution in [1.82, 2.24) is 20.1 Å². The lowest BCUT2D eigenvalue weighted by Gasteiger charge is -2.09. The third kappa shape index (κ3) is 4.70. The van der Waals surface area contributed by atoms with Crippen molar-refractivity contribution in [3.8, 4) is 17.0 Å². The third-order valence-corrected chi connectivity index (χ3v) is 4.78. The minimum Gasteiger partial charge on any atom is -0.496 e. The van der Waals surface area contributed by atoms with Gasteiger partial charge in [0, 0.05) is 48.4 Å². The Morgan fingerprint density at radius 1 is 0.897 bits per heavy atom. The minimum atomic E-state index is 0.705. The smallest absolute Gasteiger partial charge is 0.123 e. The highest BCUT2D eigenvalue weighted by Crippen LogP contribution is 2.22. The number of pyridine rings is 1. The van der Waals surface area contributed by atoms with Gasteiger partial charge in [-0.05, 0) is 23.8 Å². The monoisotopic (exact) mass is 384 g/mol. The molecule has 4 rings (SSSR count). The van der Waals surface area contributed by atoms with Gasteiger partial charge in [0.2, 0.25) is 0 Å². The third-order valence-electron chi connectivity index (χ3n) is 4.78. The van der Waals surface area contributed by atoms with Crippen LogP contribution in [0.4, 0.5) is 0 Å². The maximum Gasteiger partial charge on any atom is 0.123 e. The first kappa shape index (κ1) is 18.9. The molecular formula is C24H24N4O. The predicted molar refractivity (Wildman–Crippen MR) is 115 cm³/mol. The molecule has 0 aliphatic rings. The van der Waals surface area contributed by atoms with Gasteiger partial charge in [-0.3, -0.25) is 9.67 Å². The van der Waals surface area contributed by atoms with Crippen molar-refractivity contribution in [2.24, 2.45) is 0 Å². The van der Waals surface area contributed by atoms with E-state index in [1.54, 1.807) is 13.3 Å². The molecule has 29 heavy (non-hydrogen) atoms. The van der Waals surface area contributed by atoms with Gasteiger partial charge in [-0.25, -0.2) is 0 Å². The van der Waals surface area contributed by atoms with Crippen LogP contribution in [0.1, 0.15) is 16.7 Å². The first-order chi connectivity index (χ1) is 14.3. The number of hydrogen-bond acceptors (Lipinski definition) is 4. The number of aromatic nitrogens is 3. The maximum atomic E-state index is 5.45.